The first-order valence-electron chi connectivity index (χ1n) is 5.62. The van der Waals surface area contributed by atoms with Crippen molar-refractivity contribution < 1.29 is 5.11 Å². The van der Waals surface area contributed by atoms with Crippen molar-refractivity contribution in [3.63, 3.8) is 0 Å². The van der Waals surface area contributed by atoms with Crippen molar-refractivity contribution in [2.45, 2.75) is 45.6 Å². The van der Waals surface area contributed by atoms with Gasteiger partial charge in [-0.05, 0) is 51.6 Å². The van der Waals surface area contributed by atoms with Gasteiger partial charge in [-0.15, -0.1) is 0 Å². The molecule has 0 amide bonds. The molecular weight excluding hydrogens is 162 g/mol. The lowest BCUT2D eigenvalue weighted by Crippen LogP contribution is -2.35. The van der Waals surface area contributed by atoms with Crippen LogP contribution in [0.3, 0.4) is 0 Å². The van der Waals surface area contributed by atoms with Gasteiger partial charge in [0.05, 0.1) is 6.10 Å². The molecule has 1 heterocycles. The van der Waals surface area contributed by atoms with Gasteiger partial charge >= 0.3 is 0 Å². The third-order valence-electron chi connectivity index (χ3n) is 3.04. The number of nitrogens with zero attached hydrogens (tertiary/aromatic N) is 1. The minimum Gasteiger partial charge on any atom is -0.393 e. The molecule has 0 aliphatic carbocycles. The predicted molar refractivity (Wildman–Crippen MR) is 55.8 cm³/mol. The van der Waals surface area contributed by atoms with E-state index in [0.717, 1.165) is 12.3 Å². The number of aliphatic hydroxyl groups is 1. The Hall–Kier alpha value is -0.0800. The molecule has 0 bridgehead atoms. The average Bonchev–Trinajstić information content (AvgIpc) is 2.15. The van der Waals surface area contributed by atoms with Crippen LogP contribution in [0.5, 0.6) is 0 Å². The zero-order valence-corrected chi connectivity index (χ0v) is 9.00. The van der Waals surface area contributed by atoms with Crippen LogP contribution in [0.25, 0.3) is 0 Å². The fourth-order valence-corrected chi connectivity index (χ4v) is 2.15. The first-order chi connectivity index (χ1) is 6.22. The van der Waals surface area contributed by atoms with Crippen LogP contribution >= 0.6 is 0 Å². The molecule has 13 heavy (non-hydrogen) atoms. The van der Waals surface area contributed by atoms with Crippen LogP contribution in [0.2, 0.25) is 0 Å². The molecule has 0 radical (unpaired) electrons. The van der Waals surface area contributed by atoms with Crippen LogP contribution in [0.15, 0.2) is 0 Å². The molecule has 78 valence electrons. The topological polar surface area (TPSA) is 23.5 Å². The Kier molecular flexibility index (Phi) is 4.74. The van der Waals surface area contributed by atoms with E-state index in [1.807, 2.05) is 6.92 Å². The van der Waals surface area contributed by atoms with Crippen LogP contribution in [-0.2, 0) is 0 Å². The van der Waals surface area contributed by atoms with E-state index in [4.69, 9.17) is 0 Å². The fraction of sp³-hybridized carbons (Fsp3) is 1.00. The summed E-state index contributed by atoms with van der Waals surface area (Å²) < 4.78 is 0. The number of hydrogen-bond donors (Lipinski definition) is 1. The molecule has 0 aromatic heterocycles. The van der Waals surface area contributed by atoms with Crippen molar-refractivity contribution in [1.29, 1.82) is 0 Å². The fourth-order valence-electron chi connectivity index (χ4n) is 2.15. The lowest BCUT2D eigenvalue weighted by molar-refractivity contribution is 0.140. The monoisotopic (exact) mass is 185 g/mol. The summed E-state index contributed by atoms with van der Waals surface area (Å²) in [7, 11) is 0. The van der Waals surface area contributed by atoms with E-state index < -0.39 is 0 Å². The largest absolute Gasteiger partial charge is 0.393 e. The van der Waals surface area contributed by atoms with Gasteiger partial charge in [0.25, 0.3) is 0 Å². The minimum atomic E-state index is -0.114. The van der Waals surface area contributed by atoms with Crippen molar-refractivity contribution in [3.8, 4) is 0 Å². The minimum absolute atomic E-state index is 0.114. The van der Waals surface area contributed by atoms with E-state index in [1.54, 1.807) is 0 Å². The van der Waals surface area contributed by atoms with Crippen molar-refractivity contribution in [1.82, 2.24) is 4.90 Å². The second kappa shape index (κ2) is 5.61. The van der Waals surface area contributed by atoms with Crippen LogP contribution in [0.4, 0.5) is 0 Å². The Morgan fingerprint density at radius 1 is 1.54 bits per heavy atom. The summed E-state index contributed by atoms with van der Waals surface area (Å²) in [6, 6.07) is 0. The molecule has 1 aliphatic heterocycles. The zero-order chi connectivity index (χ0) is 9.68. The number of piperidine rings is 1. The first kappa shape index (κ1) is 11.0. The molecule has 0 saturated carbocycles. The van der Waals surface area contributed by atoms with Gasteiger partial charge in [0.15, 0.2) is 0 Å². The first-order valence-corrected chi connectivity index (χ1v) is 5.62. The predicted octanol–water partition coefficient (Wildman–Crippen LogP) is 1.88. The molecule has 2 unspecified atom stereocenters. The van der Waals surface area contributed by atoms with Gasteiger partial charge in [0.2, 0.25) is 0 Å². The number of aliphatic hydroxyl groups excluding tert-OH is 1. The molecule has 1 fully saturated rings. The van der Waals surface area contributed by atoms with E-state index in [0.29, 0.717) is 0 Å². The standard InChI is InChI=1S/C11H23NO/c1-3-12-8-4-5-11(9-12)7-6-10(2)13/h10-11,13H,3-9H2,1-2H3. The Labute approximate surface area is 81.9 Å². The third-order valence-corrected chi connectivity index (χ3v) is 3.04. The highest BCUT2D eigenvalue weighted by atomic mass is 16.3. The van der Waals surface area contributed by atoms with Crippen molar-refractivity contribution in [2.75, 3.05) is 19.6 Å². The molecular formula is C11H23NO. The quantitative estimate of drug-likeness (QED) is 0.723. The second-order valence-electron chi connectivity index (χ2n) is 4.33. The van der Waals surface area contributed by atoms with Crippen LogP contribution in [0.1, 0.15) is 39.5 Å². The number of hydrogen-bond acceptors (Lipinski definition) is 2. The van der Waals surface area contributed by atoms with Gasteiger partial charge in [0.1, 0.15) is 0 Å². The van der Waals surface area contributed by atoms with E-state index >= 15 is 0 Å². The highest BCUT2D eigenvalue weighted by molar-refractivity contribution is 4.72. The SMILES string of the molecule is CCN1CCCC(CCC(C)O)C1. The molecule has 0 aromatic carbocycles. The molecule has 0 spiro atoms. The van der Waals surface area contributed by atoms with Gasteiger partial charge in [0, 0.05) is 6.54 Å². The van der Waals surface area contributed by atoms with Gasteiger partial charge in [-0.1, -0.05) is 6.92 Å². The molecule has 1 saturated heterocycles. The number of rotatable bonds is 4. The molecule has 2 atom stereocenters. The summed E-state index contributed by atoms with van der Waals surface area (Å²) in [6.45, 7) is 7.84. The van der Waals surface area contributed by atoms with Gasteiger partial charge in [-0.25, -0.2) is 0 Å². The zero-order valence-electron chi connectivity index (χ0n) is 9.00. The van der Waals surface area contributed by atoms with Gasteiger partial charge in [-0.3, -0.25) is 0 Å². The summed E-state index contributed by atoms with van der Waals surface area (Å²) in [5.74, 6) is 0.836. The Bertz CT molecular complexity index is 136. The molecule has 0 aromatic rings. The van der Waals surface area contributed by atoms with Gasteiger partial charge in [-0.2, -0.15) is 0 Å². The van der Waals surface area contributed by atoms with Gasteiger partial charge < -0.3 is 10.0 Å². The van der Waals surface area contributed by atoms with Crippen LogP contribution < -0.4 is 0 Å². The van der Waals surface area contributed by atoms with Crippen molar-refractivity contribution >= 4 is 0 Å². The van der Waals surface area contributed by atoms with E-state index in [1.165, 1.54) is 38.9 Å². The maximum atomic E-state index is 9.19. The van der Waals surface area contributed by atoms with Crippen molar-refractivity contribution in [3.05, 3.63) is 0 Å². The maximum absolute atomic E-state index is 9.19. The molecule has 1 rings (SSSR count). The van der Waals surface area contributed by atoms with Crippen molar-refractivity contribution in [2.24, 2.45) is 5.92 Å². The summed E-state index contributed by atoms with van der Waals surface area (Å²) in [5.41, 5.74) is 0. The Morgan fingerprint density at radius 3 is 2.92 bits per heavy atom. The van der Waals surface area contributed by atoms with Crippen LogP contribution in [-0.4, -0.2) is 35.7 Å². The average molecular weight is 185 g/mol. The molecule has 1 N–H and O–H groups in total. The molecule has 2 heteroatoms. The van der Waals surface area contributed by atoms with E-state index in [2.05, 4.69) is 11.8 Å². The Morgan fingerprint density at radius 2 is 2.31 bits per heavy atom. The molecule has 2 nitrogen and oxygen atoms in total. The summed E-state index contributed by atoms with van der Waals surface area (Å²) in [5, 5.41) is 9.19. The highest BCUT2D eigenvalue weighted by Crippen LogP contribution is 2.21. The van der Waals surface area contributed by atoms with E-state index in [9.17, 15) is 5.11 Å². The lowest BCUT2D eigenvalue weighted by atomic mass is 9.92. The summed E-state index contributed by atoms with van der Waals surface area (Å²) in [6.07, 6.45) is 4.77. The third kappa shape index (κ3) is 4.10. The smallest absolute Gasteiger partial charge is 0.0512 e. The number of likely N-dealkylation sites (tertiary alicyclic amines) is 1. The maximum Gasteiger partial charge on any atom is 0.0512 e. The summed E-state index contributed by atoms with van der Waals surface area (Å²) >= 11 is 0. The highest BCUT2D eigenvalue weighted by Gasteiger charge is 2.18. The van der Waals surface area contributed by atoms with E-state index in [-0.39, 0.29) is 6.10 Å². The summed E-state index contributed by atoms with van der Waals surface area (Å²) in [4.78, 5) is 2.52. The lowest BCUT2D eigenvalue weighted by Gasteiger charge is -2.32. The normalized spacial score (nSPS) is 27.5. The Balaban J connectivity index is 2.18. The van der Waals surface area contributed by atoms with Crippen LogP contribution in [0, 0.1) is 5.92 Å². The molecule has 1 aliphatic rings. The second-order valence-corrected chi connectivity index (χ2v) is 4.33.